The van der Waals surface area contributed by atoms with Crippen molar-refractivity contribution in [1.29, 1.82) is 0 Å². The van der Waals surface area contributed by atoms with Crippen molar-refractivity contribution in [3.8, 4) is 0 Å². The van der Waals surface area contributed by atoms with Crippen LogP contribution in [0.1, 0.15) is 4.88 Å². The van der Waals surface area contributed by atoms with E-state index in [0.717, 1.165) is 24.0 Å². The highest BCUT2D eigenvalue weighted by Crippen LogP contribution is 2.22. The van der Waals surface area contributed by atoms with Gasteiger partial charge in [0, 0.05) is 28.7 Å². The van der Waals surface area contributed by atoms with Crippen LogP contribution in [0.3, 0.4) is 0 Å². The van der Waals surface area contributed by atoms with Gasteiger partial charge in [0.2, 0.25) is 0 Å². The number of anilines is 1. The van der Waals surface area contributed by atoms with Gasteiger partial charge in [-0.3, -0.25) is 0 Å². The van der Waals surface area contributed by atoms with Gasteiger partial charge in [0.05, 0.1) is 5.52 Å². The lowest BCUT2D eigenvalue weighted by molar-refractivity contribution is 0.730. The molecule has 0 spiro atoms. The fourth-order valence-electron chi connectivity index (χ4n) is 2.13. The average Bonchev–Trinajstić information content (AvgIpc) is 2.95. The molecule has 17 heavy (non-hydrogen) atoms. The highest BCUT2D eigenvalue weighted by atomic mass is 32.1. The maximum atomic E-state index is 5.95. The number of benzene rings is 1. The first kappa shape index (κ1) is 10.4. The van der Waals surface area contributed by atoms with Crippen LogP contribution in [0.5, 0.6) is 0 Å². The minimum absolute atomic E-state index is 0.859. The first-order valence-electron chi connectivity index (χ1n) is 5.70. The van der Waals surface area contributed by atoms with Crippen molar-refractivity contribution in [2.24, 2.45) is 0 Å². The van der Waals surface area contributed by atoms with Gasteiger partial charge in [0.25, 0.3) is 0 Å². The van der Waals surface area contributed by atoms with E-state index in [0.29, 0.717) is 0 Å². The second-order valence-corrected chi connectivity index (χ2v) is 5.15. The Morgan fingerprint density at radius 2 is 2.06 bits per heavy atom. The molecule has 86 valence electrons. The van der Waals surface area contributed by atoms with E-state index in [1.54, 1.807) is 0 Å². The van der Waals surface area contributed by atoms with Crippen molar-refractivity contribution in [2.45, 2.75) is 13.0 Å². The topological polar surface area (TPSA) is 30.9 Å². The maximum absolute atomic E-state index is 5.95. The highest BCUT2D eigenvalue weighted by Gasteiger charge is 2.03. The van der Waals surface area contributed by atoms with E-state index in [-0.39, 0.29) is 0 Å². The highest BCUT2D eigenvalue weighted by molar-refractivity contribution is 7.09. The van der Waals surface area contributed by atoms with Crippen molar-refractivity contribution in [1.82, 2.24) is 4.57 Å². The summed E-state index contributed by atoms with van der Waals surface area (Å²) < 4.78 is 2.27. The molecular formula is C14H14N2S. The average molecular weight is 242 g/mol. The zero-order chi connectivity index (χ0) is 11.7. The number of nitrogens with two attached hydrogens (primary N) is 1. The Kier molecular flexibility index (Phi) is 2.61. The summed E-state index contributed by atoms with van der Waals surface area (Å²) in [5.74, 6) is 0. The van der Waals surface area contributed by atoms with E-state index in [9.17, 15) is 0 Å². The molecule has 2 heterocycles. The molecule has 2 nitrogen and oxygen atoms in total. The van der Waals surface area contributed by atoms with E-state index in [4.69, 9.17) is 5.73 Å². The van der Waals surface area contributed by atoms with Crippen LogP contribution in [0, 0.1) is 0 Å². The molecule has 0 saturated heterocycles. The van der Waals surface area contributed by atoms with Crippen molar-refractivity contribution in [2.75, 3.05) is 5.73 Å². The zero-order valence-electron chi connectivity index (χ0n) is 9.47. The normalized spacial score (nSPS) is 11.1. The lowest BCUT2D eigenvalue weighted by Crippen LogP contribution is -1.98. The number of rotatable bonds is 3. The summed E-state index contributed by atoms with van der Waals surface area (Å²) in [6.45, 7) is 1.01. The maximum Gasteiger partial charge on any atom is 0.0501 e. The van der Waals surface area contributed by atoms with Crippen molar-refractivity contribution >= 4 is 27.9 Å². The molecule has 0 saturated carbocycles. The van der Waals surface area contributed by atoms with E-state index in [2.05, 4.69) is 40.4 Å². The first-order valence-corrected chi connectivity index (χ1v) is 6.58. The summed E-state index contributed by atoms with van der Waals surface area (Å²) in [5, 5.41) is 3.28. The minimum Gasteiger partial charge on any atom is -0.398 e. The van der Waals surface area contributed by atoms with Crippen LogP contribution in [-0.2, 0) is 13.0 Å². The van der Waals surface area contributed by atoms with Gasteiger partial charge in [0.1, 0.15) is 0 Å². The lowest BCUT2D eigenvalue weighted by Gasteiger charge is -2.04. The van der Waals surface area contributed by atoms with Crippen LogP contribution >= 0.6 is 11.3 Å². The van der Waals surface area contributed by atoms with Gasteiger partial charge in [0.15, 0.2) is 0 Å². The number of nitrogens with zero attached hydrogens (tertiary/aromatic N) is 1. The van der Waals surface area contributed by atoms with Gasteiger partial charge in [-0.1, -0.05) is 12.1 Å². The third kappa shape index (κ3) is 1.94. The van der Waals surface area contributed by atoms with E-state index < -0.39 is 0 Å². The number of nitrogen functional groups attached to an aromatic ring is 1. The number of thiophene rings is 1. The molecule has 3 aromatic rings. The molecule has 1 aromatic carbocycles. The molecule has 2 N–H and O–H groups in total. The van der Waals surface area contributed by atoms with Crippen molar-refractivity contribution in [3.05, 3.63) is 52.9 Å². The molecule has 0 fully saturated rings. The SMILES string of the molecule is Nc1cccc2c1ccn2CCc1cccs1. The van der Waals surface area contributed by atoms with Gasteiger partial charge in [-0.05, 0) is 36.1 Å². The van der Waals surface area contributed by atoms with Crippen LogP contribution in [0.15, 0.2) is 48.0 Å². The van der Waals surface area contributed by atoms with Gasteiger partial charge in [-0.15, -0.1) is 11.3 Å². The number of aryl methyl sites for hydroxylation is 2. The Labute approximate surface area is 104 Å². The van der Waals surface area contributed by atoms with E-state index in [1.165, 1.54) is 10.4 Å². The second-order valence-electron chi connectivity index (χ2n) is 4.12. The third-order valence-electron chi connectivity index (χ3n) is 3.03. The fourth-order valence-corrected chi connectivity index (χ4v) is 2.83. The molecule has 3 heteroatoms. The molecule has 0 amide bonds. The Morgan fingerprint density at radius 3 is 2.88 bits per heavy atom. The summed E-state index contributed by atoms with van der Waals surface area (Å²) in [5.41, 5.74) is 8.03. The Hall–Kier alpha value is -1.74. The van der Waals surface area contributed by atoms with Crippen LogP contribution < -0.4 is 5.73 Å². The predicted octanol–water partition coefficient (Wildman–Crippen LogP) is 3.53. The molecule has 3 rings (SSSR count). The second kappa shape index (κ2) is 4.26. The van der Waals surface area contributed by atoms with Gasteiger partial charge >= 0.3 is 0 Å². The number of hydrogen-bond donors (Lipinski definition) is 1. The molecule has 0 unspecified atom stereocenters. The van der Waals surface area contributed by atoms with Crippen LogP contribution in [0.25, 0.3) is 10.9 Å². The van der Waals surface area contributed by atoms with Crippen LogP contribution in [0.2, 0.25) is 0 Å². The lowest BCUT2D eigenvalue weighted by atomic mass is 10.2. The molecule has 0 aliphatic rings. The van der Waals surface area contributed by atoms with E-state index >= 15 is 0 Å². The molecule has 2 aromatic heterocycles. The number of hydrogen-bond acceptors (Lipinski definition) is 2. The molecule has 0 aliphatic carbocycles. The number of fused-ring (bicyclic) bond motifs is 1. The minimum atomic E-state index is 0.859. The molecule has 0 atom stereocenters. The van der Waals surface area contributed by atoms with Crippen molar-refractivity contribution < 1.29 is 0 Å². The van der Waals surface area contributed by atoms with Crippen LogP contribution in [0.4, 0.5) is 5.69 Å². The predicted molar refractivity (Wildman–Crippen MR) is 74.4 cm³/mol. The Morgan fingerprint density at radius 1 is 1.12 bits per heavy atom. The van der Waals surface area contributed by atoms with E-state index in [1.807, 2.05) is 23.5 Å². The zero-order valence-corrected chi connectivity index (χ0v) is 10.3. The number of aromatic nitrogens is 1. The Balaban J connectivity index is 1.88. The van der Waals surface area contributed by atoms with Crippen molar-refractivity contribution in [3.63, 3.8) is 0 Å². The standard InChI is InChI=1S/C14H14N2S/c15-13-4-1-5-14-12(13)7-9-16(14)8-6-11-3-2-10-17-11/h1-5,7,9-10H,6,8,15H2. The molecule has 0 aliphatic heterocycles. The summed E-state index contributed by atoms with van der Waals surface area (Å²) in [7, 11) is 0. The third-order valence-corrected chi connectivity index (χ3v) is 3.96. The smallest absolute Gasteiger partial charge is 0.0501 e. The van der Waals surface area contributed by atoms with Gasteiger partial charge in [-0.25, -0.2) is 0 Å². The first-order chi connectivity index (χ1) is 8.34. The van der Waals surface area contributed by atoms with Gasteiger partial charge in [-0.2, -0.15) is 0 Å². The molecule has 0 bridgehead atoms. The summed E-state index contributed by atoms with van der Waals surface area (Å²) >= 11 is 1.82. The monoisotopic (exact) mass is 242 g/mol. The molecule has 0 radical (unpaired) electrons. The molecular weight excluding hydrogens is 228 g/mol. The Bertz CT molecular complexity index is 623. The quantitative estimate of drug-likeness (QED) is 0.700. The summed E-state index contributed by atoms with van der Waals surface area (Å²) in [4.78, 5) is 1.43. The van der Waals surface area contributed by atoms with Gasteiger partial charge < -0.3 is 10.3 Å². The summed E-state index contributed by atoms with van der Waals surface area (Å²) in [6, 6.07) is 12.5. The summed E-state index contributed by atoms with van der Waals surface area (Å²) in [6.07, 6.45) is 3.20. The fraction of sp³-hybridized carbons (Fsp3) is 0.143. The largest absolute Gasteiger partial charge is 0.398 e. The van der Waals surface area contributed by atoms with Crippen LogP contribution in [-0.4, -0.2) is 4.57 Å².